The van der Waals surface area contributed by atoms with Crippen LogP contribution in [-0.2, 0) is 9.59 Å². The molecule has 5 heteroatoms. The third kappa shape index (κ3) is 2.48. The molecule has 11 heavy (non-hydrogen) atoms. The number of nitrogens with one attached hydrogen (secondary N) is 1. The van der Waals surface area contributed by atoms with Gasteiger partial charge < -0.3 is 15.2 Å². The van der Waals surface area contributed by atoms with Crippen LogP contribution < -0.4 is 10.4 Å². The number of halogens is 1. The lowest BCUT2D eigenvalue weighted by molar-refractivity contribution is -0.309. The highest BCUT2D eigenvalue weighted by Gasteiger charge is 2.22. The van der Waals surface area contributed by atoms with Crippen molar-refractivity contribution in [1.82, 2.24) is 5.32 Å². The lowest BCUT2D eigenvalue weighted by atomic mass is 9.99. The van der Waals surface area contributed by atoms with Crippen molar-refractivity contribution in [3.05, 3.63) is 0 Å². The second-order valence-corrected chi connectivity index (χ2v) is 2.29. The Morgan fingerprint density at radius 1 is 1.64 bits per heavy atom. The minimum Gasteiger partial charge on any atom is -0.549 e. The molecule has 0 bridgehead atoms. The zero-order valence-electron chi connectivity index (χ0n) is 5.83. The Labute approximate surface area is 70.4 Å². The smallest absolute Gasteiger partial charge is 0.144 e. The summed E-state index contributed by atoms with van der Waals surface area (Å²) in [6.07, 6.45) is 0.304. The number of hydrogen-bond acceptors (Lipinski definition) is 4. The van der Waals surface area contributed by atoms with E-state index in [1.54, 1.807) is 0 Å². The molecule has 0 aromatic rings. The standard InChI is InChI=1S/C6H9NO3.ClH/c8-5-1-2-7-3-4(5)6(9)10;/h4,7H,1-3H2,(H,9,10);1H/p-1. The number of carbonyl (C=O) groups is 2. The largest absolute Gasteiger partial charge is 0.549 e. The highest BCUT2D eigenvalue weighted by molar-refractivity contribution is 5.98. The van der Waals surface area contributed by atoms with E-state index in [9.17, 15) is 14.7 Å². The molecule has 1 aliphatic heterocycles. The third-order valence-electron chi connectivity index (χ3n) is 1.57. The first kappa shape index (κ1) is 10.4. The van der Waals surface area contributed by atoms with E-state index in [0.29, 0.717) is 13.0 Å². The minimum atomic E-state index is -1.27. The summed E-state index contributed by atoms with van der Waals surface area (Å²) in [6.45, 7) is 0.809. The molecule has 0 saturated carbocycles. The number of piperidine rings is 1. The van der Waals surface area contributed by atoms with E-state index in [-0.39, 0.29) is 24.7 Å². The van der Waals surface area contributed by atoms with Crippen molar-refractivity contribution in [2.24, 2.45) is 5.92 Å². The summed E-state index contributed by atoms with van der Waals surface area (Å²) in [7, 11) is 0. The van der Waals surface area contributed by atoms with Crippen LogP contribution in [0, 0.1) is 5.92 Å². The van der Waals surface area contributed by atoms with Crippen molar-refractivity contribution in [3.8, 4) is 0 Å². The van der Waals surface area contributed by atoms with Crippen molar-refractivity contribution in [2.75, 3.05) is 13.1 Å². The van der Waals surface area contributed by atoms with Gasteiger partial charge in [-0.15, -0.1) is 12.4 Å². The van der Waals surface area contributed by atoms with E-state index in [0.717, 1.165) is 0 Å². The van der Waals surface area contributed by atoms with Gasteiger partial charge in [0.15, 0.2) is 0 Å². The number of carbonyl (C=O) groups excluding carboxylic acids is 2. The molecular formula is C6H9ClNO3-. The van der Waals surface area contributed by atoms with Crippen LogP contribution >= 0.6 is 12.4 Å². The molecule has 0 radical (unpaired) electrons. The number of rotatable bonds is 1. The van der Waals surface area contributed by atoms with Crippen LogP contribution in [0.3, 0.4) is 0 Å². The van der Waals surface area contributed by atoms with E-state index in [2.05, 4.69) is 5.32 Å². The minimum absolute atomic E-state index is 0. The van der Waals surface area contributed by atoms with Crippen LogP contribution in [-0.4, -0.2) is 24.8 Å². The lowest BCUT2D eigenvalue weighted by Crippen LogP contribution is -2.46. The Balaban J connectivity index is 0.000001000. The average Bonchev–Trinajstić information content (AvgIpc) is 1.88. The summed E-state index contributed by atoms with van der Waals surface area (Å²) in [5, 5.41) is 13.0. The molecule has 1 rings (SSSR count). The van der Waals surface area contributed by atoms with Gasteiger partial charge in [0.2, 0.25) is 0 Å². The highest BCUT2D eigenvalue weighted by atomic mass is 35.5. The monoisotopic (exact) mass is 178 g/mol. The summed E-state index contributed by atoms with van der Waals surface area (Å²) in [6, 6.07) is 0. The molecule has 0 aliphatic carbocycles. The Kier molecular flexibility index (Phi) is 4.07. The van der Waals surface area contributed by atoms with Crippen molar-refractivity contribution in [1.29, 1.82) is 0 Å². The molecule has 1 N–H and O–H groups in total. The van der Waals surface area contributed by atoms with Crippen molar-refractivity contribution >= 4 is 24.2 Å². The maximum absolute atomic E-state index is 10.8. The molecule has 1 atom stereocenters. The SMILES string of the molecule is Cl.O=C([O-])C1CNCCC1=O. The molecule has 0 aromatic carbocycles. The molecule has 1 fully saturated rings. The van der Waals surface area contributed by atoms with E-state index in [1.165, 1.54) is 0 Å². The molecule has 1 heterocycles. The Bertz CT molecular complexity index is 171. The van der Waals surface area contributed by atoms with E-state index < -0.39 is 11.9 Å². The van der Waals surface area contributed by atoms with Gasteiger partial charge in [0.05, 0.1) is 11.9 Å². The molecule has 64 valence electrons. The Morgan fingerprint density at radius 2 is 2.27 bits per heavy atom. The molecule has 1 saturated heterocycles. The lowest BCUT2D eigenvalue weighted by Gasteiger charge is -2.21. The highest BCUT2D eigenvalue weighted by Crippen LogP contribution is 2.03. The second kappa shape index (κ2) is 4.31. The van der Waals surface area contributed by atoms with Gasteiger partial charge in [-0.05, 0) is 0 Å². The third-order valence-corrected chi connectivity index (χ3v) is 1.57. The molecular weight excluding hydrogens is 170 g/mol. The van der Waals surface area contributed by atoms with Gasteiger partial charge in [-0.25, -0.2) is 0 Å². The van der Waals surface area contributed by atoms with Crippen molar-refractivity contribution in [2.45, 2.75) is 6.42 Å². The van der Waals surface area contributed by atoms with Crippen molar-refractivity contribution in [3.63, 3.8) is 0 Å². The fourth-order valence-corrected chi connectivity index (χ4v) is 0.961. The molecule has 0 aromatic heterocycles. The predicted molar refractivity (Wildman–Crippen MR) is 38.2 cm³/mol. The molecule has 0 spiro atoms. The zero-order valence-corrected chi connectivity index (χ0v) is 6.65. The fraction of sp³-hybridized carbons (Fsp3) is 0.667. The summed E-state index contributed by atoms with van der Waals surface area (Å²) in [4.78, 5) is 21.0. The van der Waals surface area contributed by atoms with Crippen molar-refractivity contribution < 1.29 is 14.7 Å². The number of Topliss-reactive ketones (excluding diaryl/α,β-unsaturated/α-hetero) is 1. The second-order valence-electron chi connectivity index (χ2n) is 2.29. The van der Waals surface area contributed by atoms with Gasteiger partial charge in [0, 0.05) is 19.5 Å². The van der Waals surface area contributed by atoms with Gasteiger partial charge in [-0.3, -0.25) is 4.79 Å². The predicted octanol–water partition coefficient (Wildman–Crippen LogP) is -1.66. The van der Waals surface area contributed by atoms with Gasteiger partial charge >= 0.3 is 0 Å². The topological polar surface area (TPSA) is 69.2 Å². The Morgan fingerprint density at radius 3 is 2.64 bits per heavy atom. The van der Waals surface area contributed by atoms with Crippen LogP contribution in [0.1, 0.15) is 6.42 Å². The quantitative estimate of drug-likeness (QED) is 0.488. The van der Waals surface area contributed by atoms with Crippen LogP contribution in [0.5, 0.6) is 0 Å². The van der Waals surface area contributed by atoms with E-state index in [1.807, 2.05) is 0 Å². The van der Waals surface area contributed by atoms with Crippen LogP contribution in [0.4, 0.5) is 0 Å². The fourth-order valence-electron chi connectivity index (χ4n) is 0.961. The average molecular weight is 179 g/mol. The zero-order chi connectivity index (χ0) is 7.56. The number of aliphatic carboxylic acids is 1. The molecule has 0 amide bonds. The van der Waals surface area contributed by atoms with Gasteiger partial charge in [-0.1, -0.05) is 0 Å². The number of carboxylic acids is 1. The summed E-state index contributed by atoms with van der Waals surface area (Å²) >= 11 is 0. The molecule has 4 nitrogen and oxygen atoms in total. The van der Waals surface area contributed by atoms with Crippen LogP contribution in [0.2, 0.25) is 0 Å². The number of hydrogen-bond donors (Lipinski definition) is 1. The normalized spacial score (nSPS) is 24.0. The first-order valence-electron chi connectivity index (χ1n) is 3.16. The summed E-state index contributed by atoms with van der Waals surface area (Å²) < 4.78 is 0. The van der Waals surface area contributed by atoms with E-state index >= 15 is 0 Å². The molecule has 1 unspecified atom stereocenters. The first-order valence-corrected chi connectivity index (χ1v) is 3.16. The van der Waals surface area contributed by atoms with Gasteiger partial charge in [0.1, 0.15) is 5.78 Å². The Hall–Kier alpha value is -0.610. The number of carboxylic acid groups (broad SMARTS) is 1. The molecule has 1 aliphatic rings. The maximum Gasteiger partial charge on any atom is 0.144 e. The summed E-state index contributed by atoms with van der Waals surface area (Å²) in [5.74, 6) is -2.41. The van der Waals surface area contributed by atoms with Gasteiger partial charge in [0.25, 0.3) is 0 Å². The van der Waals surface area contributed by atoms with Gasteiger partial charge in [-0.2, -0.15) is 0 Å². The first-order chi connectivity index (χ1) is 4.72. The number of ketones is 1. The summed E-state index contributed by atoms with van der Waals surface area (Å²) in [5.41, 5.74) is 0. The van der Waals surface area contributed by atoms with E-state index in [4.69, 9.17) is 0 Å². The van der Waals surface area contributed by atoms with Crippen LogP contribution in [0.15, 0.2) is 0 Å². The maximum atomic E-state index is 10.8. The van der Waals surface area contributed by atoms with Crippen LogP contribution in [0.25, 0.3) is 0 Å².